The van der Waals surface area contributed by atoms with Gasteiger partial charge in [0.2, 0.25) is 5.95 Å². The number of hydrogen-bond donors (Lipinski definition) is 2. The first-order valence-corrected chi connectivity index (χ1v) is 8.11. The Morgan fingerprint density at radius 3 is 2.62 bits per heavy atom. The Morgan fingerprint density at radius 1 is 1.08 bits per heavy atom. The first-order chi connectivity index (χ1) is 12.6. The molecule has 1 aromatic carbocycles. The van der Waals surface area contributed by atoms with Gasteiger partial charge in [-0.2, -0.15) is 0 Å². The fourth-order valence-corrected chi connectivity index (χ4v) is 2.32. The van der Waals surface area contributed by atoms with Crippen LogP contribution in [0.5, 0.6) is 0 Å². The summed E-state index contributed by atoms with van der Waals surface area (Å²) < 4.78 is 12.9. The van der Waals surface area contributed by atoms with E-state index in [-0.39, 0.29) is 17.4 Å². The predicted molar refractivity (Wildman–Crippen MR) is 95.9 cm³/mol. The average Bonchev–Trinajstić information content (AvgIpc) is 2.66. The Balaban J connectivity index is 1.64. The third-order valence-electron chi connectivity index (χ3n) is 3.63. The van der Waals surface area contributed by atoms with Crippen LogP contribution in [0.25, 0.3) is 0 Å². The summed E-state index contributed by atoms with van der Waals surface area (Å²) in [6, 6.07) is 11.4. The monoisotopic (exact) mass is 351 g/mol. The van der Waals surface area contributed by atoms with Crippen molar-refractivity contribution in [3.8, 4) is 0 Å². The maximum absolute atomic E-state index is 12.9. The quantitative estimate of drug-likeness (QED) is 0.714. The molecule has 132 valence electrons. The van der Waals surface area contributed by atoms with Crippen molar-refractivity contribution >= 4 is 11.9 Å². The molecular formula is C19H18FN5O. The van der Waals surface area contributed by atoms with E-state index in [1.54, 1.807) is 37.5 Å². The molecule has 2 aromatic heterocycles. The maximum Gasteiger partial charge on any atom is 0.270 e. The first-order valence-electron chi connectivity index (χ1n) is 8.11. The molecule has 7 heteroatoms. The number of nitrogens with one attached hydrogen (secondary N) is 2. The number of hydrogen-bond acceptors (Lipinski definition) is 5. The number of aryl methyl sites for hydroxylation is 1. The molecule has 0 radical (unpaired) electrons. The Labute approximate surface area is 150 Å². The van der Waals surface area contributed by atoms with E-state index in [1.165, 1.54) is 12.1 Å². The van der Waals surface area contributed by atoms with Gasteiger partial charge in [-0.25, -0.2) is 14.4 Å². The molecule has 0 saturated heterocycles. The molecule has 2 N–H and O–H groups in total. The van der Waals surface area contributed by atoms with Gasteiger partial charge in [0.25, 0.3) is 5.91 Å². The highest BCUT2D eigenvalue weighted by Gasteiger charge is 2.10. The normalized spacial score (nSPS) is 10.4. The largest absolute Gasteiger partial charge is 0.350 e. The zero-order valence-corrected chi connectivity index (χ0v) is 14.2. The SMILES string of the molecule is Cc1cc(C(=O)NCc2ccc(F)cc2)nc(NCc2cccnc2)n1. The summed E-state index contributed by atoms with van der Waals surface area (Å²) in [6.45, 7) is 2.60. The van der Waals surface area contributed by atoms with E-state index in [0.29, 0.717) is 24.7 Å². The van der Waals surface area contributed by atoms with Crippen LogP contribution in [0, 0.1) is 12.7 Å². The number of carbonyl (C=O) groups is 1. The summed E-state index contributed by atoms with van der Waals surface area (Å²) >= 11 is 0. The van der Waals surface area contributed by atoms with E-state index in [4.69, 9.17) is 0 Å². The average molecular weight is 351 g/mol. The van der Waals surface area contributed by atoms with Gasteiger partial charge in [-0.3, -0.25) is 9.78 Å². The van der Waals surface area contributed by atoms with Crippen molar-refractivity contribution in [2.24, 2.45) is 0 Å². The highest BCUT2D eigenvalue weighted by molar-refractivity contribution is 5.92. The molecule has 3 aromatic rings. The summed E-state index contributed by atoms with van der Waals surface area (Å²) in [6.07, 6.45) is 3.45. The minimum absolute atomic E-state index is 0.272. The second-order valence-electron chi connectivity index (χ2n) is 5.74. The summed E-state index contributed by atoms with van der Waals surface area (Å²) in [4.78, 5) is 25.0. The van der Waals surface area contributed by atoms with E-state index in [0.717, 1.165) is 11.1 Å². The molecule has 0 unspecified atom stereocenters. The lowest BCUT2D eigenvalue weighted by atomic mass is 10.2. The van der Waals surface area contributed by atoms with Crippen LogP contribution < -0.4 is 10.6 Å². The van der Waals surface area contributed by atoms with Gasteiger partial charge in [-0.05, 0) is 42.3 Å². The van der Waals surface area contributed by atoms with E-state index in [1.807, 2.05) is 12.1 Å². The molecule has 6 nitrogen and oxygen atoms in total. The third kappa shape index (κ3) is 4.83. The van der Waals surface area contributed by atoms with E-state index in [9.17, 15) is 9.18 Å². The molecule has 3 rings (SSSR count). The molecule has 0 aliphatic carbocycles. The van der Waals surface area contributed by atoms with Crippen LogP contribution in [-0.2, 0) is 13.1 Å². The predicted octanol–water partition coefficient (Wildman–Crippen LogP) is 2.86. The van der Waals surface area contributed by atoms with Crippen molar-refractivity contribution in [3.63, 3.8) is 0 Å². The topological polar surface area (TPSA) is 79.8 Å². The lowest BCUT2D eigenvalue weighted by molar-refractivity contribution is 0.0945. The summed E-state index contributed by atoms with van der Waals surface area (Å²) in [5, 5.41) is 5.87. The van der Waals surface area contributed by atoms with Gasteiger partial charge < -0.3 is 10.6 Å². The van der Waals surface area contributed by atoms with Gasteiger partial charge in [0.1, 0.15) is 11.5 Å². The molecule has 1 amide bonds. The number of halogens is 1. The summed E-state index contributed by atoms with van der Waals surface area (Å²) in [5.74, 6) is -0.249. The fraction of sp³-hybridized carbons (Fsp3) is 0.158. The van der Waals surface area contributed by atoms with E-state index < -0.39 is 0 Å². The van der Waals surface area contributed by atoms with Crippen molar-refractivity contribution in [2.75, 3.05) is 5.32 Å². The standard InChI is InChI=1S/C19H18FN5O/c1-13-9-17(18(26)22-11-14-4-6-16(20)7-5-14)25-19(24-13)23-12-15-3-2-8-21-10-15/h2-10H,11-12H2,1H3,(H,22,26)(H,23,24,25). The van der Waals surface area contributed by atoms with Crippen LogP contribution in [0.1, 0.15) is 27.3 Å². The number of aromatic nitrogens is 3. The van der Waals surface area contributed by atoms with Gasteiger partial charge in [0.15, 0.2) is 0 Å². The minimum Gasteiger partial charge on any atom is -0.350 e. The Bertz CT molecular complexity index is 884. The third-order valence-corrected chi connectivity index (χ3v) is 3.63. The lowest BCUT2D eigenvalue weighted by Crippen LogP contribution is -2.24. The summed E-state index contributed by atoms with van der Waals surface area (Å²) in [5.41, 5.74) is 2.74. The number of anilines is 1. The highest BCUT2D eigenvalue weighted by atomic mass is 19.1. The number of rotatable bonds is 6. The van der Waals surface area contributed by atoms with Gasteiger partial charge in [0, 0.05) is 31.2 Å². The lowest BCUT2D eigenvalue weighted by Gasteiger charge is -2.09. The van der Waals surface area contributed by atoms with E-state index in [2.05, 4.69) is 25.6 Å². The highest BCUT2D eigenvalue weighted by Crippen LogP contribution is 2.08. The van der Waals surface area contributed by atoms with Crippen molar-refractivity contribution in [1.82, 2.24) is 20.3 Å². The molecule has 26 heavy (non-hydrogen) atoms. The smallest absolute Gasteiger partial charge is 0.270 e. The Morgan fingerprint density at radius 2 is 1.88 bits per heavy atom. The number of carbonyl (C=O) groups excluding carboxylic acids is 1. The minimum atomic E-state index is -0.316. The molecule has 0 bridgehead atoms. The number of nitrogens with zero attached hydrogens (tertiary/aromatic N) is 3. The molecule has 0 fully saturated rings. The van der Waals surface area contributed by atoms with Gasteiger partial charge in [0.05, 0.1) is 0 Å². The molecule has 0 aliphatic heterocycles. The van der Waals surface area contributed by atoms with Crippen molar-refractivity contribution in [2.45, 2.75) is 20.0 Å². The molecular weight excluding hydrogens is 333 g/mol. The zero-order valence-electron chi connectivity index (χ0n) is 14.2. The molecule has 0 aliphatic rings. The molecule has 0 spiro atoms. The second kappa shape index (κ2) is 8.15. The number of pyridine rings is 1. The van der Waals surface area contributed by atoms with Crippen LogP contribution in [-0.4, -0.2) is 20.9 Å². The Kier molecular flexibility index (Phi) is 5.48. The van der Waals surface area contributed by atoms with Crippen LogP contribution in [0.4, 0.5) is 10.3 Å². The Hall–Kier alpha value is -3.35. The van der Waals surface area contributed by atoms with Crippen LogP contribution in [0.2, 0.25) is 0 Å². The van der Waals surface area contributed by atoms with Gasteiger partial charge >= 0.3 is 0 Å². The maximum atomic E-state index is 12.9. The van der Waals surface area contributed by atoms with Gasteiger partial charge in [-0.1, -0.05) is 18.2 Å². The van der Waals surface area contributed by atoms with Crippen LogP contribution in [0.15, 0.2) is 54.9 Å². The molecule has 2 heterocycles. The van der Waals surface area contributed by atoms with Crippen molar-refractivity contribution < 1.29 is 9.18 Å². The number of benzene rings is 1. The van der Waals surface area contributed by atoms with Crippen LogP contribution in [0.3, 0.4) is 0 Å². The van der Waals surface area contributed by atoms with Crippen molar-refractivity contribution in [1.29, 1.82) is 0 Å². The second-order valence-corrected chi connectivity index (χ2v) is 5.74. The van der Waals surface area contributed by atoms with Crippen LogP contribution >= 0.6 is 0 Å². The van der Waals surface area contributed by atoms with Gasteiger partial charge in [-0.15, -0.1) is 0 Å². The van der Waals surface area contributed by atoms with E-state index >= 15 is 0 Å². The van der Waals surface area contributed by atoms with Crippen molar-refractivity contribution in [3.05, 3.63) is 83.2 Å². The fourth-order valence-electron chi connectivity index (χ4n) is 2.32. The zero-order chi connectivity index (χ0) is 18.4. The first kappa shape index (κ1) is 17.5. The summed E-state index contributed by atoms with van der Waals surface area (Å²) in [7, 11) is 0. The molecule has 0 saturated carbocycles. The number of amides is 1. The molecule has 0 atom stereocenters.